The van der Waals surface area contributed by atoms with Crippen LogP contribution in [-0.4, -0.2) is 58.3 Å². The van der Waals surface area contributed by atoms with Crippen LogP contribution in [0, 0.1) is 11.3 Å². The number of nitrogens with one attached hydrogen (secondary N) is 1. The Morgan fingerprint density at radius 2 is 2.41 bits per heavy atom. The van der Waals surface area contributed by atoms with Crippen molar-refractivity contribution in [1.82, 2.24) is 20.2 Å². The van der Waals surface area contributed by atoms with Crippen molar-refractivity contribution in [2.45, 2.75) is 25.4 Å². The van der Waals surface area contributed by atoms with Gasteiger partial charge in [0.1, 0.15) is 0 Å². The molecule has 22 heavy (non-hydrogen) atoms. The van der Waals surface area contributed by atoms with Crippen molar-refractivity contribution in [2.75, 3.05) is 31.1 Å². The summed E-state index contributed by atoms with van der Waals surface area (Å²) < 4.78 is 0. The highest BCUT2D eigenvalue weighted by Gasteiger charge is 2.25. The third-order valence-electron chi connectivity index (χ3n) is 4.08. The van der Waals surface area contributed by atoms with Gasteiger partial charge in [-0.1, -0.05) is 0 Å². The lowest BCUT2D eigenvalue weighted by atomic mass is 10.1. The van der Waals surface area contributed by atoms with Crippen molar-refractivity contribution in [3.05, 3.63) is 17.5 Å². The highest BCUT2D eigenvalue weighted by molar-refractivity contribution is 5.65. The molecule has 1 saturated heterocycles. The minimum Gasteiger partial charge on any atom is -0.465 e. The lowest BCUT2D eigenvalue weighted by Crippen LogP contribution is -2.51. The monoisotopic (exact) mass is 302 g/mol. The molecule has 1 amide bonds. The van der Waals surface area contributed by atoms with E-state index in [4.69, 9.17) is 10.4 Å². The zero-order chi connectivity index (χ0) is 15.5. The molecule has 3 heterocycles. The van der Waals surface area contributed by atoms with Crippen LogP contribution < -0.4 is 10.2 Å². The molecule has 1 atom stereocenters. The molecular formula is C14H18N6O2. The van der Waals surface area contributed by atoms with Crippen LogP contribution in [0.1, 0.15) is 17.7 Å². The Labute approximate surface area is 128 Å². The number of anilines is 1. The van der Waals surface area contributed by atoms with Gasteiger partial charge in [0.2, 0.25) is 5.95 Å². The van der Waals surface area contributed by atoms with Crippen LogP contribution in [0.15, 0.2) is 6.20 Å². The summed E-state index contributed by atoms with van der Waals surface area (Å²) in [5.41, 5.74) is 1.80. The second-order valence-electron chi connectivity index (χ2n) is 5.56. The molecule has 116 valence electrons. The van der Waals surface area contributed by atoms with E-state index in [9.17, 15) is 4.79 Å². The summed E-state index contributed by atoms with van der Waals surface area (Å²) in [7, 11) is 0. The predicted molar refractivity (Wildman–Crippen MR) is 78.4 cm³/mol. The second-order valence-corrected chi connectivity index (χ2v) is 5.56. The van der Waals surface area contributed by atoms with Crippen LogP contribution in [0.5, 0.6) is 0 Å². The lowest BCUT2D eigenvalue weighted by Gasteiger charge is -2.33. The number of piperazine rings is 1. The topological polar surface area (TPSA) is 105 Å². The average Bonchev–Trinajstić information content (AvgIpc) is 2.54. The average molecular weight is 302 g/mol. The summed E-state index contributed by atoms with van der Waals surface area (Å²) in [5.74, 6) is 0.621. The minimum absolute atomic E-state index is 0.119. The molecule has 8 heteroatoms. The Hall–Kier alpha value is -2.40. The van der Waals surface area contributed by atoms with E-state index in [0.717, 1.165) is 24.3 Å². The Morgan fingerprint density at radius 3 is 3.18 bits per heavy atom. The summed E-state index contributed by atoms with van der Waals surface area (Å²) >= 11 is 0. The molecule has 0 aromatic carbocycles. The van der Waals surface area contributed by atoms with E-state index < -0.39 is 6.09 Å². The third-order valence-corrected chi connectivity index (χ3v) is 4.08. The minimum atomic E-state index is -0.915. The van der Waals surface area contributed by atoms with Gasteiger partial charge in [0.05, 0.1) is 24.7 Å². The van der Waals surface area contributed by atoms with Gasteiger partial charge in [0.25, 0.3) is 0 Å². The number of nitriles is 1. The number of nitrogens with zero attached hydrogens (tertiary/aromatic N) is 5. The first-order valence-corrected chi connectivity index (χ1v) is 7.35. The molecule has 2 aliphatic heterocycles. The maximum Gasteiger partial charge on any atom is 0.407 e. The zero-order valence-corrected chi connectivity index (χ0v) is 12.2. The van der Waals surface area contributed by atoms with Gasteiger partial charge in [0, 0.05) is 38.4 Å². The number of amides is 1. The summed E-state index contributed by atoms with van der Waals surface area (Å²) in [4.78, 5) is 23.5. The van der Waals surface area contributed by atoms with Crippen LogP contribution in [0.25, 0.3) is 0 Å². The van der Waals surface area contributed by atoms with Gasteiger partial charge in [-0.25, -0.2) is 14.8 Å². The number of fused-ring (bicyclic) bond motifs is 1. The number of carbonyl (C=O) groups is 1. The molecule has 2 aliphatic rings. The second kappa shape index (κ2) is 6.15. The van der Waals surface area contributed by atoms with E-state index in [1.54, 1.807) is 6.20 Å². The number of hydrogen-bond donors (Lipinski definition) is 2. The molecule has 0 bridgehead atoms. The summed E-state index contributed by atoms with van der Waals surface area (Å²) in [5, 5.41) is 21.2. The van der Waals surface area contributed by atoms with Crippen molar-refractivity contribution in [3.63, 3.8) is 0 Å². The highest BCUT2D eigenvalue weighted by Crippen LogP contribution is 2.20. The number of rotatable bonds is 2. The van der Waals surface area contributed by atoms with E-state index in [-0.39, 0.29) is 6.04 Å². The van der Waals surface area contributed by atoms with Crippen molar-refractivity contribution >= 4 is 12.0 Å². The largest absolute Gasteiger partial charge is 0.465 e. The first-order valence-electron chi connectivity index (χ1n) is 7.35. The fourth-order valence-electron chi connectivity index (χ4n) is 2.86. The summed E-state index contributed by atoms with van der Waals surface area (Å²) in [6.07, 6.45) is 1.99. The highest BCUT2D eigenvalue weighted by atomic mass is 16.4. The van der Waals surface area contributed by atoms with Gasteiger partial charge in [0.15, 0.2) is 0 Å². The first-order chi connectivity index (χ1) is 10.7. The van der Waals surface area contributed by atoms with Crippen LogP contribution in [0.4, 0.5) is 10.7 Å². The SMILES string of the molecule is N#CCC1CN(c2ncc3c(n2)CN(C(=O)O)CC3)CCN1. The third kappa shape index (κ3) is 2.94. The van der Waals surface area contributed by atoms with E-state index in [1.165, 1.54) is 4.90 Å². The van der Waals surface area contributed by atoms with Gasteiger partial charge < -0.3 is 20.2 Å². The van der Waals surface area contributed by atoms with E-state index >= 15 is 0 Å². The van der Waals surface area contributed by atoms with Crippen LogP contribution in [0.2, 0.25) is 0 Å². The lowest BCUT2D eigenvalue weighted by molar-refractivity contribution is 0.139. The molecule has 8 nitrogen and oxygen atoms in total. The van der Waals surface area contributed by atoms with Gasteiger partial charge in [-0.05, 0) is 12.0 Å². The maximum absolute atomic E-state index is 11.1. The fourth-order valence-corrected chi connectivity index (χ4v) is 2.86. The maximum atomic E-state index is 11.1. The van der Waals surface area contributed by atoms with E-state index in [0.29, 0.717) is 38.4 Å². The molecule has 0 saturated carbocycles. The molecule has 0 aliphatic carbocycles. The zero-order valence-electron chi connectivity index (χ0n) is 12.2. The molecule has 1 aromatic rings. The van der Waals surface area contributed by atoms with Gasteiger partial charge >= 0.3 is 6.09 Å². The van der Waals surface area contributed by atoms with E-state index in [2.05, 4.69) is 26.3 Å². The van der Waals surface area contributed by atoms with Crippen molar-refractivity contribution in [1.29, 1.82) is 5.26 Å². The Morgan fingerprint density at radius 1 is 1.55 bits per heavy atom. The van der Waals surface area contributed by atoms with Crippen LogP contribution >= 0.6 is 0 Å². The Kier molecular flexibility index (Phi) is 4.06. The number of carboxylic acid groups (broad SMARTS) is 1. The number of hydrogen-bond acceptors (Lipinski definition) is 6. The normalized spacial score (nSPS) is 21.1. The molecular weight excluding hydrogens is 284 g/mol. The molecule has 2 N–H and O–H groups in total. The van der Waals surface area contributed by atoms with Gasteiger partial charge in [-0.2, -0.15) is 5.26 Å². The molecule has 1 aromatic heterocycles. The standard InChI is InChI=1S/C14H18N6O2/c15-3-1-11-8-19(6-4-16-11)13-17-7-10-2-5-20(14(21)22)9-12(10)18-13/h7,11,16H,1-2,4-6,8-9H2,(H,21,22). The molecule has 1 fully saturated rings. The summed E-state index contributed by atoms with van der Waals surface area (Å²) in [6.45, 7) is 3.06. The first kappa shape index (κ1) is 14.5. The molecule has 0 radical (unpaired) electrons. The fraction of sp³-hybridized carbons (Fsp3) is 0.571. The predicted octanol–water partition coefficient (Wildman–Crippen LogP) is 0.205. The van der Waals surface area contributed by atoms with E-state index in [1.807, 2.05) is 0 Å². The van der Waals surface area contributed by atoms with Crippen molar-refractivity contribution in [3.8, 4) is 6.07 Å². The van der Waals surface area contributed by atoms with Gasteiger partial charge in [-0.3, -0.25) is 0 Å². The quantitative estimate of drug-likeness (QED) is 0.804. The molecule has 0 spiro atoms. The Balaban J connectivity index is 1.77. The summed E-state index contributed by atoms with van der Waals surface area (Å²) in [6, 6.07) is 2.30. The molecule has 1 unspecified atom stereocenters. The molecule has 3 rings (SSSR count). The Bertz CT molecular complexity index is 614. The van der Waals surface area contributed by atoms with Crippen LogP contribution in [0.3, 0.4) is 0 Å². The number of aromatic nitrogens is 2. The van der Waals surface area contributed by atoms with Crippen LogP contribution in [-0.2, 0) is 13.0 Å². The van der Waals surface area contributed by atoms with Crippen molar-refractivity contribution in [2.24, 2.45) is 0 Å². The smallest absolute Gasteiger partial charge is 0.407 e. The van der Waals surface area contributed by atoms with Gasteiger partial charge in [-0.15, -0.1) is 0 Å². The van der Waals surface area contributed by atoms with Crippen molar-refractivity contribution < 1.29 is 9.90 Å².